The fraction of sp³-hybridized carbons (Fsp3) is 0.444. The first kappa shape index (κ1) is 21.1. The van der Waals surface area contributed by atoms with Gasteiger partial charge in [0.05, 0.1) is 19.1 Å². The Bertz CT molecular complexity index is 686. The maximum absolute atomic E-state index is 12.3. The molecule has 1 atom stereocenters. The zero-order valence-corrected chi connectivity index (χ0v) is 15.4. The van der Waals surface area contributed by atoms with E-state index in [-0.39, 0.29) is 18.6 Å². The van der Waals surface area contributed by atoms with Crippen LogP contribution in [0.2, 0.25) is 0 Å². The molecule has 1 aromatic rings. The van der Waals surface area contributed by atoms with Crippen LogP contribution < -0.4 is 15.4 Å². The average Bonchev–Trinajstić information content (AvgIpc) is 2.59. The molecule has 142 valence electrons. The average molecular weight is 364 g/mol. The number of Topliss-reactive ketones (excluding diaryl/α,β-unsaturated/α-hetero) is 1. The van der Waals surface area contributed by atoms with Gasteiger partial charge in [0, 0.05) is 13.0 Å². The summed E-state index contributed by atoms with van der Waals surface area (Å²) in [7, 11) is 1.46. The van der Waals surface area contributed by atoms with Gasteiger partial charge in [-0.25, -0.2) is 4.79 Å². The Balaban J connectivity index is 2.53. The van der Waals surface area contributed by atoms with Gasteiger partial charge in [-0.3, -0.25) is 19.7 Å². The summed E-state index contributed by atoms with van der Waals surface area (Å²) >= 11 is 0. The number of urea groups is 1. The number of imide groups is 1. The number of aryl methyl sites for hydroxylation is 1. The highest BCUT2D eigenvalue weighted by Gasteiger charge is 2.21. The zero-order valence-electron chi connectivity index (χ0n) is 15.4. The Labute approximate surface area is 152 Å². The maximum Gasteiger partial charge on any atom is 0.321 e. The number of hydrogen-bond donors (Lipinski definition) is 2. The topological polar surface area (TPSA) is 111 Å². The van der Waals surface area contributed by atoms with Crippen molar-refractivity contribution in [2.45, 2.75) is 39.7 Å². The van der Waals surface area contributed by atoms with Crippen LogP contribution in [-0.4, -0.2) is 43.4 Å². The van der Waals surface area contributed by atoms with E-state index in [9.17, 15) is 19.2 Å². The van der Waals surface area contributed by atoms with E-state index in [4.69, 9.17) is 9.47 Å². The van der Waals surface area contributed by atoms with Crippen molar-refractivity contribution in [2.24, 2.45) is 0 Å². The first-order chi connectivity index (χ1) is 12.3. The molecule has 0 aliphatic rings. The molecule has 1 unspecified atom stereocenters. The van der Waals surface area contributed by atoms with E-state index >= 15 is 0 Å². The molecule has 0 saturated heterocycles. The van der Waals surface area contributed by atoms with Gasteiger partial charge in [0.1, 0.15) is 5.75 Å². The number of benzene rings is 1. The number of carbonyl (C=O) groups is 4. The second-order valence-corrected chi connectivity index (χ2v) is 5.61. The van der Waals surface area contributed by atoms with E-state index in [1.807, 2.05) is 18.3 Å². The van der Waals surface area contributed by atoms with Crippen molar-refractivity contribution >= 4 is 23.7 Å². The largest absolute Gasteiger partial charge is 0.496 e. The van der Waals surface area contributed by atoms with E-state index < -0.39 is 24.0 Å². The lowest BCUT2D eigenvalue weighted by Crippen LogP contribution is -2.44. The van der Waals surface area contributed by atoms with Crippen molar-refractivity contribution in [1.29, 1.82) is 0 Å². The summed E-state index contributed by atoms with van der Waals surface area (Å²) < 4.78 is 10.1. The Morgan fingerprint density at radius 2 is 1.85 bits per heavy atom. The van der Waals surface area contributed by atoms with Crippen molar-refractivity contribution in [2.75, 3.05) is 13.7 Å². The first-order valence-corrected chi connectivity index (χ1v) is 8.24. The van der Waals surface area contributed by atoms with Crippen LogP contribution in [0.1, 0.15) is 42.6 Å². The summed E-state index contributed by atoms with van der Waals surface area (Å²) in [5, 5.41) is 4.44. The molecule has 0 aliphatic heterocycles. The molecule has 1 rings (SSSR count). The molecule has 0 aromatic heterocycles. The number of ketones is 1. The van der Waals surface area contributed by atoms with E-state index in [1.165, 1.54) is 14.0 Å². The minimum Gasteiger partial charge on any atom is -0.496 e. The third kappa shape index (κ3) is 6.54. The molecule has 0 spiro atoms. The number of methoxy groups -OCH3 is 1. The SMILES string of the molecule is CCNC(=O)NC(=O)C(C)OC(=O)CCC(=O)c1cc(C)ccc1OC. The van der Waals surface area contributed by atoms with Gasteiger partial charge in [0.2, 0.25) is 0 Å². The zero-order chi connectivity index (χ0) is 19.7. The minimum atomic E-state index is -1.14. The molecule has 8 nitrogen and oxygen atoms in total. The highest BCUT2D eigenvalue weighted by atomic mass is 16.5. The van der Waals surface area contributed by atoms with E-state index in [2.05, 4.69) is 5.32 Å². The Morgan fingerprint density at radius 3 is 2.46 bits per heavy atom. The summed E-state index contributed by atoms with van der Waals surface area (Å²) in [5.74, 6) is -1.27. The van der Waals surface area contributed by atoms with Crippen LogP contribution in [0.4, 0.5) is 4.79 Å². The quantitative estimate of drug-likeness (QED) is 0.537. The maximum atomic E-state index is 12.3. The number of amides is 3. The third-order valence-electron chi connectivity index (χ3n) is 3.46. The summed E-state index contributed by atoms with van der Waals surface area (Å²) in [4.78, 5) is 47.1. The van der Waals surface area contributed by atoms with Crippen LogP contribution in [0.25, 0.3) is 0 Å². The second kappa shape index (κ2) is 10.2. The molecule has 0 bridgehead atoms. The lowest BCUT2D eigenvalue weighted by Gasteiger charge is -2.13. The molecule has 1 aromatic carbocycles. The van der Waals surface area contributed by atoms with Gasteiger partial charge in [0.15, 0.2) is 11.9 Å². The molecular weight excluding hydrogens is 340 g/mol. The molecule has 2 N–H and O–H groups in total. The van der Waals surface area contributed by atoms with Gasteiger partial charge in [-0.15, -0.1) is 0 Å². The van der Waals surface area contributed by atoms with E-state index in [1.54, 1.807) is 19.1 Å². The van der Waals surface area contributed by atoms with E-state index in [0.717, 1.165) is 5.56 Å². The Hall–Kier alpha value is -2.90. The van der Waals surface area contributed by atoms with Crippen molar-refractivity contribution in [1.82, 2.24) is 10.6 Å². The van der Waals surface area contributed by atoms with Gasteiger partial charge < -0.3 is 14.8 Å². The molecule has 0 heterocycles. The lowest BCUT2D eigenvalue weighted by molar-refractivity contribution is -0.154. The monoisotopic (exact) mass is 364 g/mol. The van der Waals surface area contributed by atoms with Crippen molar-refractivity contribution in [3.63, 3.8) is 0 Å². The van der Waals surface area contributed by atoms with Gasteiger partial charge in [-0.1, -0.05) is 11.6 Å². The van der Waals surface area contributed by atoms with Gasteiger partial charge in [-0.05, 0) is 32.9 Å². The predicted octanol–water partition coefficient (Wildman–Crippen LogP) is 1.74. The molecule has 8 heteroatoms. The minimum absolute atomic E-state index is 0.0801. The molecular formula is C18H24N2O6. The normalized spacial score (nSPS) is 11.2. The van der Waals surface area contributed by atoms with Crippen molar-refractivity contribution in [3.05, 3.63) is 29.3 Å². The Kier molecular flexibility index (Phi) is 8.27. The Morgan fingerprint density at radius 1 is 1.15 bits per heavy atom. The molecule has 0 aliphatic carbocycles. The summed E-state index contributed by atoms with van der Waals surface area (Å²) in [6.07, 6.45) is -1.41. The smallest absolute Gasteiger partial charge is 0.321 e. The summed E-state index contributed by atoms with van der Waals surface area (Å²) in [5.41, 5.74) is 1.29. The fourth-order valence-corrected chi connectivity index (χ4v) is 2.12. The second-order valence-electron chi connectivity index (χ2n) is 5.61. The fourth-order valence-electron chi connectivity index (χ4n) is 2.12. The number of nitrogens with one attached hydrogen (secondary N) is 2. The third-order valence-corrected chi connectivity index (χ3v) is 3.46. The van der Waals surface area contributed by atoms with Crippen molar-refractivity contribution in [3.8, 4) is 5.75 Å². The van der Waals surface area contributed by atoms with Crippen LogP contribution in [-0.2, 0) is 14.3 Å². The number of carbonyl (C=O) groups excluding carboxylic acids is 4. The highest BCUT2D eigenvalue weighted by Crippen LogP contribution is 2.21. The first-order valence-electron chi connectivity index (χ1n) is 8.24. The standard InChI is InChI=1S/C18H24N2O6/c1-5-19-18(24)20-17(23)12(3)26-16(22)9-7-14(21)13-10-11(2)6-8-15(13)25-4/h6,8,10,12H,5,7,9H2,1-4H3,(H2,19,20,23,24). The number of rotatable bonds is 8. The summed E-state index contributed by atoms with van der Waals surface area (Å²) in [6, 6.07) is 4.53. The predicted molar refractivity (Wildman–Crippen MR) is 94.1 cm³/mol. The van der Waals surface area contributed by atoms with Gasteiger partial charge in [0.25, 0.3) is 5.91 Å². The number of ether oxygens (including phenoxy) is 2. The molecule has 3 amide bonds. The number of esters is 1. The van der Waals surface area contributed by atoms with Crippen LogP contribution in [0.3, 0.4) is 0 Å². The van der Waals surface area contributed by atoms with Crippen LogP contribution in [0, 0.1) is 6.92 Å². The number of hydrogen-bond acceptors (Lipinski definition) is 6. The van der Waals surface area contributed by atoms with Gasteiger partial charge in [-0.2, -0.15) is 0 Å². The molecule has 0 radical (unpaired) electrons. The lowest BCUT2D eigenvalue weighted by atomic mass is 10.0. The van der Waals surface area contributed by atoms with Crippen LogP contribution in [0.15, 0.2) is 18.2 Å². The van der Waals surface area contributed by atoms with Crippen LogP contribution >= 0.6 is 0 Å². The summed E-state index contributed by atoms with van der Waals surface area (Å²) in [6.45, 7) is 5.25. The molecule has 26 heavy (non-hydrogen) atoms. The molecule has 0 fully saturated rings. The van der Waals surface area contributed by atoms with Crippen molar-refractivity contribution < 1.29 is 28.7 Å². The van der Waals surface area contributed by atoms with E-state index in [0.29, 0.717) is 17.9 Å². The van der Waals surface area contributed by atoms with Crippen LogP contribution in [0.5, 0.6) is 5.75 Å². The van der Waals surface area contributed by atoms with Gasteiger partial charge >= 0.3 is 12.0 Å². The molecule has 0 saturated carbocycles. The highest BCUT2D eigenvalue weighted by molar-refractivity contribution is 6.00.